The minimum absolute atomic E-state index is 0.305. The van der Waals surface area contributed by atoms with E-state index < -0.39 is 6.10 Å². The molecule has 3 nitrogen and oxygen atoms in total. The summed E-state index contributed by atoms with van der Waals surface area (Å²) in [6, 6.07) is 0. The molecule has 4 heteroatoms. The monoisotopic (exact) mass is 198 g/mol. The van der Waals surface area contributed by atoms with Gasteiger partial charge in [-0.2, -0.15) is 0 Å². The Labute approximate surface area is 86.2 Å². The summed E-state index contributed by atoms with van der Waals surface area (Å²) in [5.41, 5.74) is -0.610. The fourth-order valence-corrected chi connectivity index (χ4v) is 1.22. The summed E-state index contributed by atoms with van der Waals surface area (Å²) in [6.07, 6.45) is 1.20. The predicted octanol–water partition coefficient (Wildman–Crippen LogP) is 1.55. The van der Waals surface area contributed by atoms with Crippen LogP contribution in [0.25, 0.3) is 0 Å². The highest BCUT2D eigenvalue weighted by atomic mass is 16.7. The first-order chi connectivity index (χ1) is 6.24. The molecule has 0 saturated carbocycles. The molecule has 0 aromatic carbocycles. The maximum Gasteiger partial charge on any atom is 0.486 e. The van der Waals surface area contributed by atoms with E-state index in [1.807, 2.05) is 27.7 Å². The number of rotatable bonds is 2. The molecule has 1 atom stereocenters. The first-order valence-corrected chi connectivity index (χ1v) is 4.97. The molecule has 0 radical (unpaired) electrons. The van der Waals surface area contributed by atoms with Crippen molar-refractivity contribution < 1.29 is 14.4 Å². The molecular weight excluding hydrogens is 179 g/mol. The Bertz CT molecular complexity index is 218. The van der Waals surface area contributed by atoms with Crippen LogP contribution < -0.4 is 0 Å². The van der Waals surface area contributed by atoms with Crippen LogP contribution in [0.5, 0.6) is 0 Å². The lowest BCUT2D eigenvalue weighted by Crippen LogP contribution is -2.41. The zero-order chi connectivity index (χ0) is 11.0. The van der Waals surface area contributed by atoms with Crippen LogP contribution in [0.2, 0.25) is 0 Å². The molecule has 80 valence electrons. The third kappa shape index (κ3) is 2.38. The SMILES string of the molecule is C[C@H](O)/C=C/B1OC(C)(C)C(C)(C)O1. The minimum Gasteiger partial charge on any atom is -0.400 e. The Morgan fingerprint density at radius 1 is 1.14 bits per heavy atom. The fourth-order valence-electron chi connectivity index (χ4n) is 1.22. The van der Waals surface area contributed by atoms with Gasteiger partial charge in [0.15, 0.2) is 0 Å². The first-order valence-electron chi connectivity index (χ1n) is 4.97. The van der Waals surface area contributed by atoms with Crippen LogP contribution in [0.1, 0.15) is 34.6 Å². The van der Waals surface area contributed by atoms with E-state index in [-0.39, 0.29) is 18.3 Å². The molecule has 14 heavy (non-hydrogen) atoms. The second kappa shape index (κ2) is 3.68. The third-order valence-corrected chi connectivity index (χ3v) is 2.82. The van der Waals surface area contributed by atoms with E-state index in [1.54, 1.807) is 19.0 Å². The van der Waals surface area contributed by atoms with Gasteiger partial charge in [0.25, 0.3) is 0 Å². The average Bonchev–Trinajstić information content (AvgIpc) is 2.17. The normalized spacial score (nSPS) is 27.1. The van der Waals surface area contributed by atoms with Crippen molar-refractivity contribution >= 4 is 7.12 Å². The van der Waals surface area contributed by atoms with E-state index in [2.05, 4.69) is 0 Å². The van der Waals surface area contributed by atoms with E-state index in [9.17, 15) is 0 Å². The van der Waals surface area contributed by atoms with E-state index in [4.69, 9.17) is 14.4 Å². The second-order valence-electron chi connectivity index (χ2n) is 4.75. The maximum absolute atomic E-state index is 9.07. The van der Waals surface area contributed by atoms with Gasteiger partial charge in [-0.15, -0.1) is 0 Å². The molecule has 1 saturated heterocycles. The van der Waals surface area contributed by atoms with Crippen molar-refractivity contribution in [3.8, 4) is 0 Å². The molecule has 1 fully saturated rings. The van der Waals surface area contributed by atoms with Gasteiger partial charge in [-0.25, -0.2) is 0 Å². The lowest BCUT2D eigenvalue weighted by Gasteiger charge is -2.32. The Morgan fingerprint density at radius 3 is 1.93 bits per heavy atom. The van der Waals surface area contributed by atoms with Crippen LogP contribution in [0.4, 0.5) is 0 Å². The van der Waals surface area contributed by atoms with Crippen LogP contribution in [0, 0.1) is 0 Å². The summed E-state index contributed by atoms with van der Waals surface area (Å²) in [4.78, 5) is 0. The Hall–Kier alpha value is -0.315. The van der Waals surface area contributed by atoms with Crippen LogP contribution in [-0.4, -0.2) is 29.5 Å². The Kier molecular flexibility index (Phi) is 3.09. The second-order valence-corrected chi connectivity index (χ2v) is 4.75. The summed E-state index contributed by atoms with van der Waals surface area (Å²) in [7, 11) is -0.352. The van der Waals surface area contributed by atoms with Crippen LogP contribution >= 0.6 is 0 Å². The van der Waals surface area contributed by atoms with E-state index in [0.717, 1.165) is 0 Å². The molecule has 0 aromatic heterocycles. The van der Waals surface area contributed by atoms with Crippen LogP contribution in [0.3, 0.4) is 0 Å². The highest BCUT2D eigenvalue weighted by molar-refractivity contribution is 6.51. The van der Waals surface area contributed by atoms with Crippen molar-refractivity contribution in [2.75, 3.05) is 0 Å². The molecule has 0 aromatic rings. The molecule has 0 amide bonds. The number of aliphatic hydroxyl groups excluding tert-OH is 1. The summed E-state index contributed by atoms with van der Waals surface area (Å²) in [6.45, 7) is 9.71. The highest BCUT2D eigenvalue weighted by Gasteiger charge is 2.49. The molecule has 0 unspecified atom stereocenters. The lowest BCUT2D eigenvalue weighted by atomic mass is 9.89. The minimum atomic E-state index is -0.464. The van der Waals surface area contributed by atoms with Gasteiger partial charge in [0.1, 0.15) is 0 Å². The quantitative estimate of drug-likeness (QED) is 0.684. The summed E-state index contributed by atoms with van der Waals surface area (Å²) >= 11 is 0. The van der Waals surface area contributed by atoms with Gasteiger partial charge in [-0.3, -0.25) is 0 Å². The molecule has 1 rings (SSSR count). The fraction of sp³-hybridized carbons (Fsp3) is 0.800. The Balaban J connectivity index is 2.64. The van der Waals surface area contributed by atoms with E-state index in [0.29, 0.717) is 0 Å². The van der Waals surface area contributed by atoms with Gasteiger partial charge in [-0.1, -0.05) is 12.1 Å². The summed E-state index contributed by atoms with van der Waals surface area (Å²) < 4.78 is 11.4. The lowest BCUT2D eigenvalue weighted by molar-refractivity contribution is 0.00578. The van der Waals surface area contributed by atoms with E-state index in [1.165, 1.54) is 0 Å². The standard InChI is InChI=1S/C10H19BO3/c1-8(12)6-7-11-13-9(2,3)10(4,5)14-11/h6-8,12H,1-5H3/b7-6+/t8-/m0/s1. The molecule has 0 aliphatic carbocycles. The zero-order valence-electron chi connectivity index (χ0n) is 9.57. The number of hydrogen-bond donors (Lipinski definition) is 1. The van der Waals surface area contributed by atoms with Gasteiger partial charge in [-0.05, 0) is 34.6 Å². The Morgan fingerprint density at radius 2 is 1.57 bits per heavy atom. The highest BCUT2D eigenvalue weighted by Crippen LogP contribution is 2.36. The van der Waals surface area contributed by atoms with Crippen molar-refractivity contribution in [1.29, 1.82) is 0 Å². The average molecular weight is 198 g/mol. The number of hydrogen-bond acceptors (Lipinski definition) is 3. The van der Waals surface area contributed by atoms with Gasteiger partial charge < -0.3 is 14.4 Å². The predicted molar refractivity (Wildman–Crippen MR) is 56.9 cm³/mol. The molecule has 0 spiro atoms. The largest absolute Gasteiger partial charge is 0.486 e. The maximum atomic E-state index is 9.07. The third-order valence-electron chi connectivity index (χ3n) is 2.82. The molecule has 1 aliphatic rings. The van der Waals surface area contributed by atoms with E-state index >= 15 is 0 Å². The van der Waals surface area contributed by atoms with Crippen molar-refractivity contribution in [2.45, 2.75) is 51.9 Å². The van der Waals surface area contributed by atoms with Gasteiger partial charge >= 0.3 is 7.12 Å². The molecular formula is C10H19BO3. The molecule has 0 bridgehead atoms. The van der Waals surface area contributed by atoms with Crippen LogP contribution in [0.15, 0.2) is 12.1 Å². The zero-order valence-corrected chi connectivity index (χ0v) is 9.57. The first kappa shape index (κ1) is 11.8. The van der Waals surface area contributed by atoms with Gasteiger partial charge in [0, 0.05) is 0 Å². The summed E-state index contributed by atoms with van der Waals surface area (Å²) in [5, 5.41) is 9.07. The molecule has 1 aliphatic heterocycles. The van der Waals surface area contributed by atoms with Crippen LogP contribution in [-0.2, 0) is 9.31 Å². The van der Waals surface area contributed by atoms with Crippen molar-refractivity contribution in [3.63, 3.8) is 0 Å². The smallest absolute Gasteiger partial charge is 0.400 e. The topological polar surface area (TPSA) is 38.7 Å². The molecule has 1 N–H and O–H groups in total. The van der Waals surface area contributed by atoms with Crippen molar-refractivity contribution in [3.05, 3.63) is 12.1 Å². The van der Waals surface area contributed by atoms with Crippen molar-refractivity contribution in [1.82, 2.24) is 0 Å². The molecule has 1 heterocycles. The summed E-state index contributed by atoms with van der Waals surface area (Å²) in [5.74, 6) is 1.75. The number of aliphatic hydroxyl groups is 1. The van der Waals surface area contributed by atoms with Gasteiger partial charge in [0.2, 0.25) is 0 Å². The van der Waals surface area contributed by atoms with Crippen molar-refractivity contribution in [2.24, 2.45) is 0 Å². The van der Waals surface area contributed by atoms with Gasteiger partial charge in [0.05, 0.1) is 17.3 Å².